The first-order valence-electron chi connectivity index (χ1n) is 15.2. The Hall–Kier alpha value is -4.87. The Balaban J connectivity index is 1.43. The van der Waals surface area contributed by atoms with E-state index in [1.807, 2.05) is 55.9 Å². The quantitative estimate of drug-likeness (QED) is 0.360. The number of carbonyl (C=O) groups excluding carboxylic acids is 3. The van der Waals surface area contributed by atoms with Crippen LogP contribution in [0.25, 0.3) is 10.9 Å². The molecule has 0 fully saturated rings. The molecule has 1 atom stereocenters. The van der Waals surface area contributed by atoms with E-state index in [1.54, 1.807) is 34.7 Å². The van der Waals surface area contributed by atoms with Crippen LogP contribution in [0.5, 0.6) is 11.5 Å². The maximum Gasteiger partial charge on any atom is 0.251 e. The van der Waals surface area contributed by atoms with Gasteiger partial charge in [-0.25, -0.2) is 9.67 Å². The molecule has 4 aromatic rings. The van der Waals surface area contributed by atoms with E-state index in [0.717, 1.165) is 16.5 Å². The molecule has 2 aromatic carbocycles. The maximum atomic E-state index is 13.8. The Morgan fingerprint density at radius 1 is 1.16 bits per heavy atom. The van der Waals surface area contributed by atoms with Crippen LogP contribution in [0.4, 0.5) is 0 Å². The van der Waals surface area contributed by atoms with Gasteiger partial charge in [0.1, 0.15) is 18.3 Å². The van der Waals surface area contributed by atoms with Gasteiger partial charge in [0.25, 0.3) is 5.91 Å². The molecule has 12 heteroatoms. The van der Waals surface area contributed by atoms with Crippen molar-refractivity contribution in [2.75, 3.05) is 33.4 Å². The number of aromatic nitrogens is 4. The van der Waals surface area contributed by atoms with Crippen molar-refractivity contribution in [3.63, 3.8) is 0 Å². The number of rotatable bonds is 4. The number of nitrogens with one attached hydrogen (secondary N) is 2. The Bertz CT molecular complexity index is 1690. The van der Waals surface area contributed by atoms with E-state index < -0.39 is 6.04 Å². The van der Waals surface area contributed by atoms with Crippen molar-refractivity contribution >= 4 is 28.6 Å². The van der Waals surface area contributed by atoms with Gasteiger partial charge in [0.05, 0.1) is 32.7 Å². The number of carbonyl (C=O) groups is 3. The minimum Gasteiger partial charge on any atom is -0.493 e. The van der Waals surface area contributed by atoms with Gasteiger partial charge in [-0.1, -0.05) is 32.0 Å². The molecule has 2 aliphatic heterocycles. The molecule has 0 unspecified atom stereocenters. The van der Waals surface area contributed by atoms with Crippen molar-refractivity contribution in [3.8, 4) is 11.5 Å². The number of nitrogens with zero attached hydrogens (tertiary/aromatic N) is 5. The van der Waals surface area contributed by atoms with Gasteiger partial charge >= 0.3 is 0 Å². The van der Waals surface area contributed by atoms with Gasteiger partial charge in [0.2, 0.25) is 11.8 Å². The number of hydrogen-bond acceptors (Lipinski definition) is 7. The summed E-state index contributed by atoms with van der Waals surface area (Å²) in [5.41, 5.74) is 2.35. The molecule has 2 aromatic heterocycles. The van der Waals surface area contributed by atoms with Gasteiger partial charge in [-0.3, -0.25) is 14.4 Å². The van der Waals surface area contributed by atoms with E-state index in [-0.39, 0.29) is 49.8 Å². The fraction of sp³-hybridized carbons (Fsp3) is 0.424. The van der Waals surface area contributed by atoms with Gasteiger partial charge < -0.3 is 29.6 Å². The molecule has 12 nitrogen and oxygen atoms in total. The van der Waals surface area contributed by atoms with Crippen LogP contribution in [-0.2, 0) is 29.6 Å². The summed E-state index contributed by atoms with van der Waals surface area (Å²) in [6, 6.07) is 12.5. The molecular formula is C33H41N7O5. The Kier molecular flexibility index (Phi) is 9.70. The second-order valence-electron chi connectivity index (χ2n) is 11.6. The first-order chi connectivity index (χ1) is 21.6. The number of aryl methyl sites for hydroxylation is 2. The van der Waals surface area contributed by atoms with E-state index in [0.29, 0.717) is 48.2 Å². The van der Waals surface area contributed by atoms with Crippen LogP contribution in [0.1, 0.15) is 53.9 Å². The summed E-state index contributed by atoms with van der Waals surface area (Å²) >= 11 is 0. The van der Waals surface area contributed by atoms with Gasteiger partial charge in [-0.15, -0.1) is 0 Å². The number of benzene rings is 2. The molecule has 4 heterocycles. The minimum atomic E-state index is -0.441. The van der Waals surface area contributed by atoms with Crippen molar-refractivity contribution in [2.45, 2.75) is 46.2 Å². The van der Waals surface area contributed by atoms with Crippen LogP contribution < -0.4 is 20.1 Å². The van der Waals surface area contributed by atoms with Crippen LogP contribution in [0.3, 0.4) is 0 Å². The minimum absolute atomic E-state index is 0.00554. The van der Waals surface area contributed by atoms with E-state index >= 15 is 0 Å². The molecule has 2 aliphatic rings. The fourth-order valence-corrected chi connectivity index (χ4v) is 5.67. The molecular weight excluding hydrogens is 574 g/mol. The molecule has 2 bridgehead atoms. The second-order valence-corrected chi connectivity index (χ2v) is 11.6. The Labute approximate surface area is 262 Å². The molecule has 45 heavy (non-hydrogen) atoms. The van der Waals surface area contributed by atoms with Crippen molar-refractivity contribution in [1.29, 1.82) is 0 Å². The molecule has 6 rings (SSSR count). The lowest BCUT2D eigenvalue weighted by Gasteiger charge is -2.26. The predicted octanol–water partition coefficient (Wildman–Crippen LogP) is 3.18. The summed E-state index contributed by atoms with van der Waals surface area (Å²) in [7, 11) is 3.48. The molecule has 0 aliphatic carbocycles. The summed E-state index contributed by atoms with van der Waals surface area (Å²) in [4.78, 5) is 46.5. The average molecular weight is 616 g/mol. The highest BCUT2D eigenvalue weighted by atomic mass is 16.5. The molecule has 2 N–H and O–H groups in total. The summed E-state index contributed by atoms with van der Waals surface area (Å²) in [6.07, 6.45) is 2.56. The number of methoxy groups -OCH3 is 1. The molecule has 0 spiro atoms. The number of ether oxygens (including phenoxy) is 2. The number of hydrogen-bond donors (Lipinski definition) is 2. The van der Waals surface area contributed by atoms with Crippen LogP contribution in [0, 0.1) is 12.8 Å². The van der Waals surface area contributed by atoms with Gasteiger partial charge in [-0.2, -0.15) is 5.10 Å². The van der Waals surface area contributed by atoms with Gasteiger partial charge in [0.15, 0.2) is 11.5 Å². The number of fused-ring (bicyclic) bond motifs is 14. The third-order valence-electron chi connectivity index (χ3n) is 7.95. The third-order valence-corrected chi connectivity index (χ3v) is 7.95. The predicted molar refractivity (Wildman–Crippen MR) is 169 cm³/mol. The van der Waals surface area contributed by atoms with Crippen molar-refractivity contribution < 1.29 is 23.9 Å². The lowest BCUT2D eigenvalue weighted by Crippen LogP contribution is -2.44. The van der Waals surface area contributed by atoms with Crippen LogP contribution in [0.15, 0.2) is 48.7 Å². The number of amides is 3. The topological polar surface area (TPSA) is 133 Å². The van der Waals surface area contributed by atoms with Crippen LogP contribution >= 0.6 is 0 Å². The lowest BCUT2D eigenvalue weighted by molar-refractivity contribution is -0.136. The highest BCUT2D eigenvalue weighted by Gasteiger charge is 2.27. The van der Waals surface area contributed by atoms with E-state index in [9.17, 15) is 14.4 Å². The second kappa shape index (κ2) is 13.8. The lowest BCUT2D eigenvalue weighted by atomic mass is 10.0. The summed E-state index contributed by atoms with van der Waals surface area (Å²) in [5, 5.41) is 11.6. The molecule has 238 valence electrons. The smallest absolute Gasteiger partial charge is 0.251 e. The monoisotopic (exact) mass is 615 g/mol. The van der Waals surface area contributed by atoms with Crippen LogP contribution in [-0.4, -0.2) is 75.3 Å². The molecule has 0 saturated carbocycles. The maximum absolute atomic E-state index is 13.8. The highest BCUT2D eigenvalue weighted by molar-refractivity contribution is 5.95. The fourth-order valence-electron chi connectivity index (χ4n) is 5.67. The van der Waals surface area contributed by atoms with Crippen molar-refractivity contribution in [1.82, 2.24) is 34.9 Å². The zero-order valence-corrected chi connectivity index (χ0v) is 26.5. The molecule has 0 radical (unpaired) electrons. The molecule has 0 saturated heterocycles. The summed E-state index contributed by atoms with van der Waals surface area (Å²) in [6.45, 7) is 6.91. The van der Waals surface area contributed by atoms with Gasteiger partial charge in [0, 0.05) is 42.8 Å². The summed E-state index contributed by atoms with van der Waals surface area (Å²) < 4.78 is 15.2. The van der Waals surface area contributed by atoms with E-state index in [1.165, 1.54) is 7.11 Å². The first kappa shape index (κ1) is 31.6. The van der Waals surface area contributed by atoms with E-state index in [2.05, 4.69) is 20.7 Å². The summed E-state index contributed by atoms with van der Waals surface area (Å²) in [5.74, 6) is 1.38. The third kappa shape index (κ3) is 7.27. The average Bonchev–Trinajstić information content (AvgIpc) is 3.54. The van der Waals surface area contributed by atoms with Crippen molar-refractivity contribution in [2.24, 2.45) is 13.0 Å². The zero-order valence-electron chi connectivity index (χ0n) is 26.5. The largest absolute Gasteiger partial charge is 0.493 e. The van der Waals surface area contributed by atoms with E-state index in [4.69, 9.17) is 9.47 Å². The molecule has 3 amide bonds. The highest BCUT2D eigenvalue weighted by Crippen LogP contribution is 2.28. The first-order valence-corrected chi connectivity index (χ1v) is 15.2. The normalized spacial score (nSPS) is 16.8. The van der Waals surface area contributed by atoms with Gasteiger partial charge in [-0.05, 0) is 49.1 Å². The zero-order chi connectivity index (χ0) is 32.1. The van der Waals surface area contributed by atoms with Crippen molar-refractivity contribution in [3.05, 3.63) is 71.4 Å². The number of para-hydroxylation sites is 1. The Morgan fingerprint density at radius 3 is 2.73 bits per heavy atom. The van der Waals surface area contributed by atoms with Crippen LogP contribution in [0.2, 0.25) is 0 Å². The Morgan fingerprint density at radius 2 is 1.96 bits per heavy atom. The SMILES string of the molecule is COc1cc2ccc1OCCn1nc(C)nc1[C@H](C(C)C)NC(=O)CN(C(=O)Cc1cn(C)c3ccccc13)CCCNC2=O. The standard InChI is InChI=1S/C33H41N7O5/c1-21(2)31-32-35-22(3)37-40(32)15-16-45-27-12-11-23(17-28(27)44-5)33(43)34-13-8-14-39(20-29(41)36-31)30(42)18-24-19-38(4)26-10-7-6-9-25(24)26/h6-7,9-12,17,19,21,31H,8,13-16,18,20H2,1-5H3,(H,34,43)(H,36,41)/t31-/m0/s1.